The Bertz CT molecular complexity index is 1200. The smallest absolute Gasteiger partial charge is 0.348 e. The lowest BCUT2D eigenvalue weighted by Gasteiger charge is -2.30. The predicted molar refractivity (Wildman–Crippen MR) is 126 cm³/mol. The zero-order valence-electron chi connectivity index (χ0n) is 18.6. The summed E-state index contributed by atoms with van der Waals surface area (Å²) in [6, 6.07) is 17.7. The second-order valence-corrected chi connectivity index (χ2v) is 9.30. The number of hydrogen-bond donors (Lipinski definition) is 1. The number of nitrogens with zero attached hydrogens (tertiary/aromatic N) is 1. The molecule has 3 atom stereocenters. The normalized spacial score (nSPS) is 18.8. The highest BCUT2D eigenvalue weighted by atomic mass is 32.2. The molecule has 1 saturated heterocycles. The molecule has 0 saturated carbocycles. The van der Waals surface area contributed by atoms with E-state index in [1.807, 2.05) is 37.3 Å². The monoisotopic (exact) mass is 502 g/mol. The molecule has 3 aromatic rings. The number of carbonyl (C=O) groups is 2. The third kappa shape index (κ3) is 5.51. The van der Waals surface area contributed by atoms with Crippen LogP contribution in [-0.2, 0) is 11.0 Å². The van der Waals surface area contributed by atoms with Gasteiger partial charge in [0.15, 0.2) is 0 Å². The van der Waals surface area contributed by atoms with Gasteiger partial charge in [-0.3, -0.25) is 9.59 Å². The van der Waals surface area contributed by atoms with Crippen LogP contribution in [0.5, 0.6) is 0 Å². The molecule has 4 rings (SSSR count). The van der Waals surface area contributed by atoms with Gasteiger partial charge in [0.25, 0.3) is 5.91 Å². The highest BCUT2D eigenvalue weighted by Gasteiger charge is 2.43. The minimum Gasteiger partial charge on any atom is -0.348 e. The lowest BCUT2D eigenvalue weighted by molar-refractivity contribution is -0.137. The average molecular weight is 503 g/mol. The summed E-state index contributed by atoms with van der Waals surface area (Å²) in [5, 5.41) is 2.21. The van der Waals surface area contributed by atoms with E-state index in [0.29, 0.717) is 5.56 Å². The number of alkyl halides is 3. The number of nitrogens with one attached hydrogen (secondary N) is 1. The number of halogens is 4. The minimum atomic E-state index is -4.49. The first-order valence-electron chi connectivity index (χ1n) is 10.9. The van der Waals surface area contributed by atoms with E-state index in [1.54, 1.807) is 0 Å². The summed E-state index contributed by atoms with van der Waals surface area (Å²) in [5.74, 6) is -1.34. The maximum absolute atomic E-state index is 13.8. The van der Waals surface area contributed by atoms with E-state index in [2.05, 4.69) is 5.32 Å². The summed E-state index contributed by atoms with van der Waals surface area (Å²) in [4.78, 5) is 28.1. The Kier molecular flexibility index (Phi) is 7.16. The summed E-state index contributed by atoms with van der Waals surface area (Å²) >= 11 is 1.27. The minimum absolute atomic E-state index is 0.0540. The maximum atomic E-state index is 13.8. The zero-order chi connectivity index (χ0) is 25.2. The first-order valence-corrected chi connectivity index (χ1v) is 11.9. The van der Waals surface area contributed by atoms with Gasteiger partial charge in [-0.2, -0.15) is 13.2 Å². The Labute approximate surface area is 204 Å². The molecule has 1 heterocycles. The summed E-state index contributed by atoms with van der Waals surface area (Å²) < 4.78 is 52.9. The van der Waals surface area contributed by atoms with E-state index < -0.39 is 40.8 Å². The lowest BCUT2D eigenvalue weighted by Crippen LogP contribution is -2.48. The maximum Gasteiger partial charge on any atom is 0.416 e. The van der Waals surface area contributed by atoms with Gasteiger partial charge in [-0.1, -0.05) is 48.5 Å². The van der Waals surface area contributed by atoms with Gasteiger partial charge in [0.1, 0.15) is 17.2 Å². The van der Waals surface area contributed by atoms with Gasteiger partial charge in [-0.25, -0.2) is 4.39 Å². The molecule has 9 heteroatoms. The molecule has 4 nitrogen and oxygen atoms in total. The van der Waals surface area contributed by atoms with Crippen molar-refractivity contribution in [3.63, 3.8) is 0 Å². The Morgan fingerprint density at radius 1 is 1.00 bits per heavy atom. The van der Waals surface area contributed by atoms with Crippen LogP contribution < -0.4 is 5.32 Å². The highest BCUT2D eigenvalue weighted by molar-refractivity contribution is 7.99. The predicted octanol–water partition coefficient (Wildman–Crippen LogP) is 5.98. The van der Waals surface area contributed by atoms with Crippen molar-refractivity contribution in [1.82, 2.24) is 10.2 Å². The third-order valence-corrected chi connectivity index (χ3v) is 7.11. The standard InChI is InChI=1S/C26H22F4N2O2S/c1-16(17-6-3-2-4-7-17)31-23(33)22-15-35-25(18-10-12-20(13-11-18)26(28,29)30)32(22)24(34)19-8-5-9-21(27)14-19/h2-14,16,22,25H,15H2,1H3,(H,31,33). The Morgan fingerprint density at radius 3 is 2.31 bits per heavy atom. The second kappa shape index (κ2) is 10.1. The molecular weight excluding hydrogens is 480 g/mol. The number of amides is 2. The van der Waals surface area contributed by atoms with Crippen molar-refractivity contribution in [3.8, 4) is 0 Å². The topological polar surface area (TPSA) is 49.4 Å². The van der Waals surface area contributed by atoms with Gasteiger partial charge in [0.05, 0.1) is 11.6 Å². The molecule has 0 aliphatic carbocycles. The SMILES string of the molecule is CC(NC(=O)C1CSC(c2ccc(C(F)(F)F)cc2)N1C(=O)c1cccc(F)c1)c1ccccc1. The number of thioether (sulfide) groups is 1. The first kappa shape index (κ1) is 24.8. The van der Waals surface area contributed by atoms with Gasteiger partial charge < -0.3 is 10.2 Å². The van der Waals surface area contributed by atoms with E-state index in [0.717, 1.165) is 23.8 Å². The van der Waals surface area contributed by atoms with E-state index >= 15 is 0 Å². The van der Waals surface area contributed by atoms with Crippen molar-refractivity contribution in [2.45, 2.75) is 30.6 Å². The fraction of sp³-hybridized carbons (Fsp3) is 0.231. The molecule has 1 N–H and O–H groups in total. The van der Waals surface area contributed by atoms with Crippen LogP contribution >= 0.6 is 11.8 Å². The number of rotatable bonds is 5. The molecule has 1 aliphatic rings. The van der Waals surface area contributed by atoms with Crippen molar-refractivity contribution >= 4 is 23.6 Å². The van der Waals surface area contributed by atoms with Crippen molar-refractivity contribution in [3.05, 3.63) is 107 Å². The van der Waals surface area contributed by atoms with Gasteiger partial charge in [-0.15, -0.1) is 11.8 Å². The molecule has 3 unspecified atom stereocenters. The molecule has 1 fully saturated rings. The van der Waals surface area contributed by atoms with Crippen molar-refractivity contribution in [1.29, 1.82) is 0 Å². The average Bonchev–Trinajstić information content (AvgIpc) is 3.29. The quantitative estimate of drug-likeness (QED) is 0.437. The molecule has 2 amide bonds. The summed E-state index contributed by atoms with van der Waals surface area (Å²) in [7, 11) is 0. The fourth-order valence-electron chi connectivity index (χ4n) is 3.96. The largest absolute Gasteiger partial charge is 0.416 e. The van der Waals surface area contributed by atoms with E-state index in [9.17, 15) is 27.2 Å². The van der Waals surface area contributed by atoms with E-state index in [4.69, 9.17) is 0 Å². The van der Waals surface area contributed by atoms with Crippen LogP contribution in [0.4, 0.5) is 17.6 Å². The number of benzene rings is 3. The van der Waals surface area contributed by atoms with Crippen molar-refractivity contribution in [2.24, 2.45) is 0 Å². The fourth-order valence-corrected chi connectivity index (χ4v) is 5.38. The van der Waals surface area contributed by atoms with Gasteiger partial charge in [0, 0.05) is 11.3 Å². The molecule has 3 aromatic carbocycles. The molecule has 0 aromatic heterocycles. The lowest BCUT2D eigenvalue weighted by atomic mass is 10.1. The Balaban J connectivity index is 1.64. The van der Waals surface area contributed by atoms with Crippen molar-refractivity contribution < 1.29 is 27.2 Å². The third-order valence-electron chi connectivity index (χ3n) is 5.79. The highest BCUT2D eigenvalue weighted by Crippen LogP contribution is 2.43. The van der Waals surface area contributed by atoms with E-state index in [-0.39, 0.29) is 17.4 Å². The first-order chi connectivity index (χ1) is 16.6. The molecule has 0 bridgehead atoms. The zero-order valence-corrected chi connectivity index (χ0v) is 19.4. The Morgan fingerprint density at radius 2 is 1.69 bits per heavy atom. The van der Waals surface area contributed by atoms with E-state index in [1.165, 1.54) is 47.0 Å². The van der Waals surface area contributed by atoms with Crippen LogP contribution in [0.25, 0.3) is 0 Å². The van der Waals surface area contributed by atoms with Gasteiger partial charge >= 0.3 is 6.18 Å². The molecule has 35 heavy (non-hydrogen) atoms. The van der Waals surface area contributed by atoms with Crippen LogP contribution in [0.2, 0.25) is 0 Å². The summed E-state index contributed by atoms with van der Waals surface area (Å²) in [5.41, 5.74) is 0.574. The molecule has 0 radical (unpaired) electrons. The summed E-state index contributed by atoms with van der Waals surface area (Å²) in [6.45, 7) is 1.82. The molecule has 182 valence electrons. The van der Waals surface area contributed by atoms with Gasteiger partial charge in [-0.05, 0) is 48.4 Å². The molecule has 0 spiro atoms. The Hall–Kier alpha value is -3.33. The van der Waals surface area contributed by atoms with Gasteiger partial charge in [0.2, 0.25) is 5.91 Å². The van der Waals surface area contributed by atoms with Crippen LogP contribution in [0, 0.1) is 5.82 Å². The molecule has 1 aliphatic heterocycles. The summed E-state index contributed by atoms with van der Waals surface area (Å²) in [6.07, 6.45) is -4.49. The molecular formula is C26H22F4N2O2S. The van der Waals surface area contributed by atoms with Crippen LogP contribution in [0.1, 0.15) is 45.4 Å². The van der Waals surface area contributed by atoms with Crippen LogP contribution in [0.3, 0.4) is 0 Å². The second-order valence-electron chi connectivity index (χ2n) is 8.18. The number of carbonyl (C=O) groups excluding carboxylic acids is 2. The number of hydrogen-bond acceptors (Lipinski definition) is 3. The van der Waals surface area contributed by atoms with Crippen LogP contribution in [-0.4, -0.2) is 28.5 Å². The van der Waals surface area contributed by atoms with Crippen LogP contribution in [0.15, 0.2) is 78.9 Å². The van der Waals surface area contributed by atoms with Crippen molar-refractivity contribution in [2.75, 3.05) is 5.75 Å².